The van der Waals surface area contributed by atoms with Crippen LogP contribution in [0.4, 0.5) is 0 Å². The lowest BCUT2D eigenvalue weighted by Gasteiger charge is -2.04. The standard InChI is InChI=1S/C27H52/c1-3-5-7-9-11-13-15-17-19-21-23-25-27-26-24-22-20-18-16-14-12-10-8-6-4-2/h5,7H,1-4,6,8-27H2. The first-order valence-corrected chi connectivity index (χ1v) is 12.6. The van der Waals surface area contributed by atoms with Crippen molar-refractivity contribution in [1.29, 1.82) is 0 Å². The van der Waals surface area contributed by atoms with Crippen molar-refractivity contribution in [1.82, 2.24) is 0 Å². The van der Waals surface area contributed by atoms with E-state index >= 15 is 0 Å². The Morgan fingerprint density at radius 1 is 0.333 bits per heavy atom. The Morgan fingerprint density at radius 3 is 0.926 bits per heavy atom. The Balaban J connectivity index is 2.98. The first-order chi connectivity index (χ1) is 13.4. The second-order valence-electron chi connectivity index (χ2n) is 8.47. The Labute approximate surface area is 174 Å². The van der Waals surface area contributed by atoms with Gasteiger partial charge in [-0.05, 0) is 26.2 Å². The van der Waals surface area contributed by atoms with Gasteiger partial charge < -0.3 is 0 Å². The van der Waals surface area contributed by atoms with Crippen molar-refractivity contribution in [2.45, 2.75) is 148 Å². The van der Waals surface area contributed by atoms with Crippen LogP contribution in [0.1, 0.15) is 148 Å². The van der Waals surface area contributed by atoms with Crippen LogP contribution in [0.5, 0.6) is 0 Å². The van der Waals surface area contributed by atoms with Gasteiger partial charge in [-0.3, -0.25) is 0 Å². The van der Waals surface area contributed by atoms with Gasteiger partial charge in [-0.15, -0.1) is 0 Å². The van der Waals surface area contributed by atoms with E-state index in [1.165, 1.54) is 135 Å². The maximum Gasteiger partial charge on any atom is -0.0351 e. The van der Waals surface area contributed by atoms with Gasteiger partial charge in [-0.25, -0.2) is 0 Å². The quantitative estimate of drug-likeness (QED) is 0.123. The molecule has 0 aliphatic heterocycles. The van der Waals surface area contributed by atoms with E-state index in [1.807, 2.05) is 0 Å². The van der Waals surface area contributed by atoms with Crippen molar-refractivity contribution in [2.24, 2.45) is 0 Å². The summed E-state index contributed by atoms with van der Waals surface area (Å²) >= 11 is 0. The molecule has 2 radical (unpaired) electrons. The summed E-state index contributed by atoms with van der Waals surface area (Å²) in [7, 11) is 0. The third-order valence-corrected chi connectivity index (χ3v) is 5.70. The molecule has 0 rings (SSSR count). The lowest BCUT2D eigenvalue weighted by Crippen LogP contribution is -1.84. The van der Waals surface area contributed by atoms with Gasteiger partial charge in [0.15, 0.2) is 0 Å². The van der Waals surface area contributed by atoms with E-state index < -0.39 is 0 Å². The molecule has 0 aliphatic carbocycles. The number of rotatable bonds is 23. The van der Waals surface area contributed by atoms with Gasteiger partial charge in [0, 0.05) is 0 Å². The molecule has 0 heteroatoms. The summed E-state index contributed by atoms with van der Waals surface area (Å²) in [4.78, 5) is 0. The summed E-state index contributed by atoms with van der Waals surface area (Å²) < 4.78 is 0. The highest BCUT2D eigenvalue weighted by atomic mass is 14.0. The average Bonchev–Trinajstić information content (AvgIpc) is 2.68. The molecule has 0 N–H and O–H groups in total. The van der Waals surface area contributed by atoms with Crippen LogP contribution in [0.15, 0.2) is 12.2 Å². The van der Waals surface area contributed by atoms with E-state index in [0.717, 1.165) is 12.8 Å². The SMILES string of the molecule is [CH2]CC=CCCCCCCCCCCCCCCCCCCCCCC[CH2]. The van der Waals surface area contributed by atoms with Crippen molar-refractivity contribution in [3.63, 3.8) is 0 Å². The third kappa shape index (κ3) is 25.7. The normalized spacial score (nSPS) is 11.6. The van der Waals surface area contributed by atoms with Crippen molar-refractivity contribution < 1.29 is 0 Å². The molecule has 0 heterocycles. The van der Waals surface area contributed by atoms with Crippen LogP contribution in [0, 0.1) is 13.8 Å². The zero-order valence-corrected chi connectivity index (χ0v) is 18.8. The summed E-state index contributed by atoms with van der Waals surface area (Å²) in [6.07, 6.45) is 36.8. The van der Waals surface area contributed by atoms with Gasteiger partial charge in [0.05, 0.1) is 0 Å². The van der Waals surface area contributed by atoms with Crippen LogP contribution >= 0.6 is 0 Å². The number of hydrogen-bond acceptors (Lipinski definition) is 0. The summed E-state index contributed by atoms with van der Waals surface area (Å²) in [6, 6.07) is 0. The highest BCUT2D eigenvalue weighted by Gasteiger charge is 1.95. The summed E-state index contributed by atoms with van der Waals surface area (Å²) in [5.74, 6) is 0. The average molecular weight is 377 g/mol. The summed E-state index contributed by atoms with van der Waals surface area (Å²) in [6.45, 7) is 7.73. The van der Waals surface area contributed by atoms with Crippen LogP contribution in [0.25, 0.3) is 0 Å². The summed E-state index contributed by atoms with van der Waals surface area (Å²) in [5.41, 5.74) is 0. The maximum atomic E-state index is 3.91. The fraction of sp³-hybridized carbons (Fsp3) is 0.852. The van der Waals surface area contributed by atoms with Gasteiger partial charge in [0.25, 0.3) is 0 Å². The minimum absolute atomic E-state index is 0.942. The molecule has 0 unspecified atom stereocenters. The fourth-order valence-corrected chi connectivity index (χ4v) is 3.86. The maximum absolute atomic E-state index is 3.91. The van der Waals surface area contributed by atoms with E-state index in [9.17, 15) is 0 Å². The molecule has 0 saturated carbocycles. The first kappa shape index (κ1) is 26.7. The Morgan fingerprint density at radius 2 is 0.630 bits per heavy atom. The molecule has 0 aromatic rings. The lowest BCUT2D eigenvalue weighted by molar-refractivity contribution is 0.521. The molecule has 0 nitrogen and oxygen atoms in total. The topological polar surface area (TPSA) is 0 Å². The van der Waals surface area contributed by atoms with E-state index in [4.69, 9.17) is 0 Å². The van der Waals surface area contributed by atoms with Crippen LogP contribution in [0.3, 0.4) is 0 Å². The molecule has 0 bridgehead atoms. The number of allylic oxidation sites excluding steroid dienone is 2. The van der Waals surface area contributed by atoms with Crippen molar-refractivity contribution in [3.05, 3.63) is 26.0 Å². The Bertz CT molecular complexity index is 265. The van der Waals surface area contributed by atoms with Crippen LogP contribution in [-0.2, 0) is 0 Å². The summed E-state index contributed by atoms with van der Waals surface area (Å²) in [5, 5.41) is 0. The monoisotopic (exact) mass is 376 g/mol. The third-order valence-electron chi connectivity index (χ3n) is 5.70. The van der Waals surface area contributed by atoms with Gasteiger partial charge in [-0.2, -0.15) is 0 Å². The van der Waals surface area contributed by atoms with Gasteiger partial charge in [-0.1, -0.05) is 147 Å². The van der Waals surface area contributed by atoms with Gasteiger partial charge in [0.2, 0.25) is 0 Å². The predicted molar refractivity (Wildman–Crippen MR) is 126 cm³/mol. The molecule has 160 valence electrons. The lowest BCUT2D eigenvalue weighted by atomic mass is 10.0. The van der Waals surface area contributed by atoms with Crippen LogP contribution < -0.4 is 0 Å². The smallest absolute Gasteiger partial charge is 0.0351 e. The molecule has 0 saturated heterocycles. The van der Waals surface area contributed by atoms with E-state index in [1.54, 1.807) is 0 Å². The molecular weight excluding hydrogens is 324 g/mol. The molecule has 0 spiro atoms. The van der Waals surface area contributed by atoms with Gasteiger partial charge in [0.1, 0.15) is 0 Å². The highest BCUT2D eigenvalue weighted by molar-refractivity contribution is 4.81. The molecular formula is C27H52. The van der Waals surface area contributed by atoms with Crippen LogP contribution in [-0.4, -0.2) is 0 Å². The fourth-order valence-electron chi connectivity index (χ4n) is 3.86. The predicted octanol–water partition coefficient (Wildman–Crippen LogP) is 10.2. The number of unbranched alkanes of at least 4 members (excludes halogenated alkanes) is 21. The Hall–Kier alpha value is -0.260. The molecule has 0 amide bonds. The highest BCUT2D eigenvalue weighted by Crippen LogP contribution is 2.15. The largest absolute Gasteiger partial charge is 0.0885 e. The molecule has 0 aliphatic rings. The molecule has 0 atom stereocenters. The zero-order chi connectivity index (χ0) is 19.7. The molecule has 0 fully saturated rings. The van der Waals surface area contributed by atoms with E-state index in [-0.39, 0.29) is 0 Å². The van der Waals surface area contributed by atoms with Crippen LogP contribution in [0.2, 0.25) is 0 Å². The second kappa shape index (κ2) is 25.7. The number of hydrogen-bond donors (Lipinski definition) is 0. The van der Waals surface area contributed by atoms with E-state index in [2.05, 4.69) is 26.0 Å². The van der Waals surface area contributed by atoms with Gasteiger partial charge >= 0.3 is 0 Å². The van der Waals surface area contributed by atoms with Crippen molar-refractivity contribution in [2.75, 3.05) is 0 Å². The zero-order valence-electron chi connectivity index (χ0n) is 18.8. The minimum Gasteiger partial charge on any atom is -0.0885 e. The molecule has 27 heavy (non-hydrogen) atoms. The molecule has 0 aromatic carbocycles. The van der Waals surface area contributed by atoms with E-state index in [0.29, 0.717) is 0 Å². The van der Waals surface area contributed by atoms with Crippen molar-refractivity contribution >= 4 is 0 Å². The molecule has 0 aromatic heterocycles. The van der Waals surface area contributed by atoms with Crippen molar-refractivity contribution in [3.8, 4) is 0 Å². The first-order valence-electron chi connectivity index (χ1n) is 12.6. The Kier molecular flexibility index (Phi) is 25.5. The minimum atomic E-state index is 0.942. The second-order valence-corrected chi connectivity index (χ2v) is 8.47.